The number of anilines is 1. The Morgan fingerprint density at radius 2 is 1.60 bits per heavy atom. The summed E-state index contributed by atoms with van der Waals surface area (Å²) in [5, 5.41) is 3.35. The van der Waals surface area contributed by atoms with Crippen LogP contribution in [0.4, 0.5) is 5.69 Å². The molecule has 0 aliphatic rings. The first-order valence-electron chi connectivity index (χ1n) is 8.47. The maximum Gasteiger partial charge on any atom is 0.261 e. The van der Waals surface area contributed by atoms with Crippen LogP contribution in [0.15, 0.2) is 47.4 Å². The predicted molar refractivity (Wildman–Crippen MR) is 105 cm³/mol. The molecule has 0 aliphatic carbocycles. The number of nitrogens with one attached hydrogen (secondary N) is 2. The first-order valence-corrected chi connectivity index (χ1v) is 8.47. The van der Waals surface area contributed by atoms with Crippen molar-refractivity contribution in [3.05, 3.63) is 75.1 Å². The lowest BCUT2D eigenvalue weighted by Crippen LogP contribution is -2.22. The van der Waals surface area contributed by atoms with Gasteiger partial charge in [0, 0.05) is 22.8 Å². The highest BCUT2D eigenvalue weighted by Gasteiger charge is 2.14. The lowest BCUT2D eigenvalue weighted by molar-refractivity contribution is 0.102. The van der Waals surface area contributed by atoms with Crippen molar-refractivity contribution in [3.63, 3.8) is 0 Å². The van der Waals surface area contributed by atoms with E-state index in [9.17, 15) is 9.59 Å². The van der Waals surface area contributed by atoms with Gasteiger partial charge in [-0.1, -0.05) is 32.0 Å². The fraction of sp³-hybridized carbons (Fsp3) is 0.238. The molecule has 130 valence electrons. The number of pyridine rings is 1. The van der Waals surface area contributed by atoms with Crippen molar-refractivity contribution in [3.8, 4) is 0 Å². The van der Waals surface area contributed by atoms with E-state index >= 15 is 0 Å². The van der Waals surface area contributed by atoms with Crippen molar-refractivity contribution in [1.29, 1.82) is 0 Å². The number of H-pyrrole nitrogens is 1. The molecule has 0 unspecified atom stereocenters. The molecule has 0 saturated carbocycles. The quantitative estimate of drug-likeness (QED) is 0.710. The zero-order valence-electron chi connectivity index (χ0n) is 15.4. The maximum atomic E-state index is 12.5. The monoisotopic (exact) mass is 336 g/mol. The number of fused-ring (bicyclic) bond motifs is 1. The standard InChI is InChI=1S/C19H18N2O2.C2H6/c1-11-8-13(3)17(9-12(11)2)21-19(23)15-10-20-16-7-5-4-6-14(16)18(15)22;1-2/h4-10H,1-3H3,(H,20,22)(H,21,23);1-2H3. The number of carbonyl (C=O) groups is 1. The van der Waals surface area contributed by atoms with Gasteiger partial charge in [-0.25, -0.2) is 0 Å². The van der Waals surface area contributed by atoms with Gasteiger partial charge in [-0.2, -0.15) is 0 Å². The number of aromatic nitrogens is 1. The third-order valence-electron chi connectivity index (χ3n) is 4.12. The third kappa shape index (κ3) is 3.79. The molecule has 1 amide bonds. The number of hydrogen-bond donors (Lipinski definition) is 2. The van der Waals surface area contributed by atoms with E-state index < -0.39 is 5.91 Å². The molecule has 3 rings (SSSR count). The Bertz CT molecular complexity index is 971. The molecular weight excluding hydrogens is 312 g/mol. The normalized spacial score (nSPS) is 10.1. The largest absolute Gasteiger partial charge is 0.360 e. The van der Waals surface area contributed by atoms with Gasteiger partial charge in [0.25, 0.3) is 5.91 Å². The van der Waals surface area contributed by atoms with Crippen LogP contribution in [0.1, 0.15) is 40.9 Å². The van der Waals surface area contributed by atoms with E-state index in [1.807, 2.05) is 58.9 Å². The molecule has 4 heteroatoms. The molecule has 1 heterocycles. The van der Waals surface area contributed by atoms with Crippen LogP contribution in [-0.2, 0) is 0 Å². The van der Waals surface area contributed by atoms with Gasteiger partial charge in [0.05, 0.1) is 0 Å². The van der Waals surface area contributed by atoms with E-state index in [1.165, 1.54) is 11.8 Å². The van der Waals surface area contributed by atoms with Gasteiger partial charge in [0.15, 0.2) is 0 Å². The Hall–Kier alpha value is -2.88. The average Bonchev–Trinajstić information content (AvgIpc) is 2.62. The van der Waals surface area contributed by atoms with E-state index in [1.54, 1.807) is 12.1 Å². The van der Waals surface area contributed by atoms with Crippen molar-refractivity contribution >= 4 is 22.5 Å². The fourth-order valence-corrected chi connectivity index (χ4v) is 2.62. The molecule has 0 atom stereocenters. The van der Waals surface area contributed by atoms with E-state index in [0.29, 0.717) is 5.39 Å². The highest BCUT2D eigenvalue weighted by atomic mass is 16.2. The third-order valence-corrected chi connectivity index (χ3v) is 4.12. The Morgan fingerprint density at radius 1 is 0.960 bits per heavy atom. The number of para-hydroxylation sites is 1. The Labute approximate surface area is 147 Å². The van der Waals surface area contributed by atoms with Gasteiger partial charge in [0.1, 0.15) is 5.56 Å². The van der Waals surface area contributed by atoms with Crippen LogP contribution in [0, 0.1) is 20.8 Å². The van der Waals surface area contributed by atoms with E-state index in [0.717, 1.165) is 22.3 Å². The summed E-state index contributed by atoms with van der Waals surface area (Å²) in [5.74, 6) is -0.400. The minimum absolute atomic E-state index is 0.112. The van der Waals surface area contributed by atoms with Crippen LogP contribution in [0.25, 0.3) is 10.9 Å². The van der Waals surface area contributed by atoms with Gasteiger partial charge < -0.3 is 10.3 Å². The highest BCUT2D eigenvalue weighted by molar-refractivity contribution is 6.06. The molecule has 25 heavy (non-hydrogen) atoms. The summed E-state index contributed by atoms with van der Waals surface area (Å²) < 4.78 is 0. The van der Waals surface area contributed by atoms with Crippen LogP contribution >= 0.6 is 0 Å². The van der Waals surface area contributed by atoms with Gasteiger partial charge in [-0.3, -0.25) is 9.59 Å². The zero-order valence-corrected chi connectivity index (χ0v) is 15.4. The molecule has 4 nitrogen and oxygen atoms in total. The minimum Gasteiger partial charge on any atom is -0.360 e. The van der Waals surface area contributed by atoms with Crippen molar-refractivity contribution in [2.24, 2.45) is 0 Å². The van der Waals surface area contributed by atoms with E-state index in [-0.39, 0.29) is 11.0 Å². The number of carbonyl (C=O) groups excluding carboxylic acids is 1. The van der Waals surface area contributed by atoms with Crippen molar-refractivity contribution in [2.45, 2.75) is 34.6 Å². The van der Waals surface area contributed by atoms with Crippen LogP contribution in [0.3, 0.4) is 0 Å². The molecule has 0 aliphatic heterocycles. The number of benzene rings is 2. The highest BCUT2D eigenvalue weighted by Crippen LogP contribution is 2.20. The molecule has 2 aromatic carbocycles. The SMILES string of the molecule is CC.Cc1cc(C)c(NC(=O)c2c[nH]c3ccccc3c2=O)cc1C. The van der Waals surface area contributed by atoms with Gasteiger partial charge >= 0.3 is 0 Å². The van der Waals surface area contributed by atoms with Crippen molar-refractivity contribution in [2.75, 3.05) is 5.32 Å². The number of amides is 1. The lowest BCUT2D eigenvalue weighted by Gasteiger charge is -2.11. The predicted octanol–water partition coefficient (Wildman–Crippen LogP) is 4.73. The van der Waals surface area contributed by atoms with Gasteiger partial charge in [-0.15, -0.1) is 0 Å². The molecule has 0 saturated heterocycles. The molecule has 1 aromatic heterocycles. The first-order chi connectivity index (χ1) is 12.0. The van der Waals surface area contributed by atoms with Crippen LogP contribution in [0.2, 0.25) is 0 Å². The second-order valence-electron chi connectivity index (χ2n) is 5.78. The summed E-state index contributed by atoms with van der Waals surface area (Å²) in [6.45, 7) is 9.96. The van der Waals surface area contributed by atoms with Crippen LogP contribution < -0.4 is 10.7 Å². The summed E-state index contributed by atoms with van der Waals surface area (Å²) in [7, 11) is 0. The molecule has 0 fully saturated rings. The summed E-state index contributed by atoms with van der Waals surface area (Å²) in [5.41, 5.74) is 4.53. The molecule has 2 N–H and O–H groups in total. The lowest BCUT2D eigenvalue weighted by atomic mass is 10.0. The Morgan fingerprint density at radius 3 is 2.32 bits per heavy atom. The number of hydrogen-bond acceptors (Lipinski definition) is 2. The second kappa shape index (κ2) is 7.79. The average molecular weight is 336 g/mol. The van der Waals surface area contributed by atoms with Crippen LogP contribution in [0.5, 0.6) is 0 Å². The fourth-order valence-electron chi connectivity index (χ4n) is 2.62. The smallest absolute Gasteiger partial charge is 0.261 e. The molecule has 0 radical (unpaired) electrons. The molecule has 0 bridgehead atoms. The summed E-state index contributed by atoms with van der Waals surface area (Å²) in [6.07, 6.45) is 1.47. The molecular formula is C21H24N2O2. The minimum atomic E-state index is -0.400. The number of rotatable bonds is 2. The van der Waals surface area contributed by atoms with E-state index in [2.05, 4.69) is 10.3 Å². The summed E-state index contributed by atoms with van der Waals surface area (Å²) in [4.78, 5) is 28.0. The second-order valence-corrected chi connectivity index (χ2v) is 5.78. The molecule has 3 aromatic rings. The van der Waals surface area contributed by atoms with E-state index in [4.69, 9.17) is 0 Å². The Balaban J connectivity index is 0.00000109. The summed E-state index contributed by atoms with van der Waals surface area (Å²) >= 11 is 0. The topological polar surface area (TPSA) is 62.0 Å². The van der Waals surface area contributed by atoms with Crippen molar-refractivity contribution in [1.82, 2.24) is 4.98 Å². The van der Waals surface area contributed by atoms with Gasteiger partial charge in [0.2, 0.25) is 5.43 Å². The van der Waals surface area contributed by atoms with Crippen LogP contribution in [-0.4, -0.2) is 10.9 Å². The first kappa shape index (κ1) is 18.5. The maximum absolute atomic E-state index is 12.5. The Kier molecular flexibility index (Phi) is 5.75. The summed E-state index contributed by atoms with van der Waals surface area (Å²) in [6, 6.07) is 11.1. The number of aromatic amines is 1. The molecule has 0 spiro atoms. The zero-order chi connectivity index (χ0) is 18.6. The van der Waals surface area contributed by atoms with Crippen molar-refractivity contribution < 1.29 is 4.79 Å². The van der Waals surface area contributed by atoms with Gasteiger partial charge in [-0.05, 0) is 55.7 Å². The number of aryl methyl sites for hydroxylation is 3.